The summed E-state index contributed by atoms with van der Waals surface area (Å²) in [5.41, 5.74) is 0. The van der Waals surface area contributed by atoms with Gasteiger partial charge in [0.2, 0.25) is 0 Å². The Morgan fingerprint density at radius 1 is 0.750 bits per heavy atom. The molecule has 6 heteroatoms. The Kier molecular flexibility index (Phi) is 16.2. The lowest BCUT2D eigenvalue weighted by atomic mass is 10.4. The monoisotopic (exact) mass is 372 g/mol. The molecule has 0 saturated heterocycles. The zero-order valence-corrected chi connectivity index (χ0v) is 16.8. The van der Waals surface area contributed by atoms with E-state index in [1.165, 1.54) is 51.4 Å². The predicted molar refractivity (Wildman–Crippen MR) is 97.1 cm³/mol. The molecule has 0 fully saturated rings. The van der Waals surface area contributed by atoms with Crippen molar-refractivity contribution >= 4 is 13.2 Å². The van der Waals surface area contributed by atoms with E-state index in [1.54, 1.807) is 24.6 Å². The van der Waals surface area contributed by atoms with Crippen molar-refractivity contribution in [2.75, 3.05) is 24.6 Å². The van der Waals surface area contributed by atoms with E-state index in [1.807, 2.05) is 0 Å². The number of carboxylic acids is 1. The van der Waals surface area contributed by atoms with Gasteiger partial charge in [-0.25, -0.2) is 0 Å². The fourth-order valence-corrected chi connectivity index (χ4v) is 7.93. The Morgan fingerprint density at radius 3 is 1.08 bits per heavy atom. The van der Waals surface area contributed by atoms with Crippen molar-refractivity contribution in [2.24, 2.45) is 0 Å². The second-order valence-corrected chi connectivity index (χ2v) is 10.9. The van der Waals surface area contributed by atoms with Crippen molar-refractivity contribution in [3.05, 3.63) is 0 Å². The summed E-state index contributed by atoms with van der Waals surface area (Å²) < 4.78 is 31.5. The number of halogens is 3. The molecule has 0 amide bonds. The molecule has 146 valence electrons. The van der Waals surface area contributed by atoms with Gasteiger partial charge in [0.1, 0.15) is 5.97 Å². The van der Waals surface area contributed by atoms with Gasteiger partial charge < -0.3 is 9.90 Å². The highest BCUT2D eigenvalue weighted by atomic mass is 31.2. The van der Waals surface area contributed by atoms with Crippen LogP contribution in [0.3, 0.4) is 0 Å². The molecule has 24 heavy (non-hydrogen) atoms. The first-order valence-corrected chi connectivity index (χ1v) is 11.8. The van der Waals surface area contributed by atoms with E-state index < -0.39 is 19.4 Å². The lowest BCUT2D eigenvalue weighted by Crippen LogP contribution is -2.37. The molecular formula is C18H36F3O2P. The molecule has 0 aromatic heterocycles. The largest absolute Gasteiger partial charge is 0.542 e. The van der Waals surface area contributed by atoms with Crippen LogP contribution in [0.1, 0.15) is 79.1 Å². The molecule has 0 unspecified atom stereocenters. The maximum atomic E-state index is 10.5. The van der Waals surface area contributed by atoms with Crippen LogP contribution in [-0.4, -0.2) is 36.8 Å². The molecule has 2 nitrogen and oxygen atoms in total. The first kappa shape index (κ1) is 25.9. The maximum absolute atomic E-state index is 10.5. The maximum Gasteiger partial charge on any atom is 0.430 e. The van der Waals surface area contributed by atoms with E-state index in [4.69, 9.17) is 9.90 Å². The Morgan fingerprint density at radius 2 is 0.958 bits per heavy atom. The van der Waals surface area contributed by atoms with Gasteiger partial charge >= 0.3 is 6.18 Å². The van der Waals surface area contributed by atoms with Crippen LogP contribution in [0.5, 0.6) is 0 Å². The normalized spacial score (nSPS) is 11.8. The molecule has 0 aliphatic heterocycles. The van der Waals surface area contributed by atoms with Gasteiger partial charge in [0.15, 0.2) is 0 Å². The van der Waals surface area contributed by atoms with Crippen LogP contribution in [-0.2, 0) is 4.79 Å². The molecular weight excluding hydrogens is 336 g/mol. The molecule has 0 aromatic carbocycles. The summed E-state index contributed by atoms with van der Waals surface area (Å²) in [6, 6.07) is 0. The van der Waals surface area contributed by atoms with Crippen molar-refractivity contribution in [2.45, 2.75) is 85.2 Å². The second-order valence-electron chi connectivity index (χ2n) is 6.44. The Labute approximate surface area is 146 Å². The van der Waals surface area contributed by atoms with Crippen LogP contribution < -0.4 is 5.11 Å². The SMILES string of the molecule is CCCC[P+](CCCC)(CCCC)CCCC.O=C([O-])C(F)(F)F. The smallest absolute Gasteiger partial charge is 0.430 e. The van der Waals surface area contributed by atoms with E-state index in [-0.39, 0.29) is 0 Å². The first-order valence-electron chi connectivity index (χ1n) is 9.32. The topological polar surface area (TPSA) is 40.1 Å². The van der Waals surface area contributed by atoms with E-state index in [2.05, 4.69) is 27.7 Å². The third kappa shape index (κ3) is 14.1. The quantitative estimate of drug-likeness (QED) is 0.424. The zero-order chi connectivity index (χ0) is 19.1. The number of carbonyl (C=O) groups is 1. The third-order valence-corrected chi connectivity index (χ3v) is 9.24. The average molecular weight is 372 g/mol. The van der Waals surface area contributed by atoms with E-state index >= 15 is 0 Å². The van der Waals surface area contributed by atoms with Gasteiger partial charge in [-0.3, -0.25) is 0 Å². The van der Waals surface area contributed by atoms with E-state index in [0.29, 0.717) is 0 Å². The molecule has 0 aromatic rings. The molecule has 0 rings (SSSR count). The number of rotatable bonds is 12. The summed E-state index contributed by atoms with van der Waals surface area (Å²) in [7, 11) is -0.562. The molecule has 0 spiro atoms. The molecule has 0 saturated carbocycles. The standard InChI is InChI=1S/C16H36P.C2HF3O2/c1-5-9-13-17(14-10-6-2,15-11-7-3)16-12-8-4;3-2(4,5)1(6)7/h5-16H2,1-4H3;(H,6,7)/q+1;/p-1. The minimum Gasteiger partial charge on any atom is -0.542 e. The van der Waals surface area contributed by atoms with Gasteiger partial charge in [-0.2, -0.15) is 13.2 Å². The Balaban J connectivity index is 0. The fraction of sp³-hybridized carbons (Fsp3) is 0.944. The summed E-state index contributed by atoms with van der Waals surface area (Å²) in [6.45, 7) is 9.42. The number of alkyl halides is 3. The summed E-state index contributed by atoms with van der Waals surface area (Å²) in [5.74, 6) is -3.01. The van der Waals surface area contributed by atoms with E-state index in [9.17, 15) is 13.2 Å². The Bertz CT molecular complexity index is 270. The number of carbonyl (C=O) groups excluding carboxylic acids is 1. The molecule has 0 aliphatic rings. The molecule has 0 heterocycles. The van der Waals surface area contributed by atoms with Crippen LogP contribution in [0.15, 0.2) is 0 Å². The molecule has 0 bridgehead atoms. The second kappa shape index (κ2) is 15.0. The van der Waals surface area contributed by atoms with Gasteiger partial charge in [-0.15, -0.1) is 0 Å². The third-order valence-electron chi connectivity index (χ3n) is 4.18. The summed E-state index contributed by atoms with van der Waals surface area (Å²) in [5, 5.41) is 8.78. The minimum atomic E-state index is -5.19. The van der Waals surface area contributed by atoms with Crippen LogP contribution in [0.2, 0.25) is 0 Å². The molecule has 0 aliphatic carbocycles. The zero-order valence-electron chi connectivity index (χ0n) is 15.9. The summed E-state index contributed by atoms with van der Waals surface area (Å²) in [4.78, 5) is 8.78. The van der Waals surface area contributed by atoms with Gasteiger partial charge in [-0.05, 0) is 25.7 Å². The van der Waals surface area contributed by atoms with Gasteiger partial charge in [0, 0.05) is 7.26 Å². The van der Waals surface area contributed by atoms with Crippen LogP contribution in [0.4, 0.5) is 13.2 Å². The highest BCUT2D eigenvalue weighted by molar-refractivity contribution is 7.75. The summed E-state index contributed by atoms with van der Waals surface area (Å²) >= 11 is 0. The highest BCUT2D eigenvalue weighted by Crippen LogP contribution is 2.61. The van der Waals surface area contributed by atoms with E-state index in [0.717, 1.165) is 0 Å². The average Bonchev–Trinajstić information content (AvgIpc) is 2.53. The number of hydrogen-bond acceptors (Lipinski definition) is 2. The van der Waals surface area contributed by atoms with Gasteiger partial charge in [-0.1, -0.05) is 53.4 Å². The number of hydrogen-bond donors (Lipinski definition) is 0. The molecule has 0 radical (unpaired) electrons. The fourth-order valence-electron chi connectivity index (χ4n) is 2.64. The molecule has 0 atom stereocenters. The van der Waals surface area contributed by atoms with Crippen molar-refractivity contribution in [1.82, 2.24) is 0 Å². The Hall–Kier alpha value is -0.310. The lowest BCUT2D eigenvalue weighted by molar-refractivity contribution is -0.344. The van der Waals surface area contributed by atoms with Crippen molar-refractivity contribution in [3.8, 4) is 0 Å². The summed E-state index contributed by atoms with van der Waals surface area (Å²) in [6.07, 6.45) is 12.8. The van der Waals surface area contributed by atoms with Gasteiger partial charge in [0.05, 0.1) is 24.6 Å². The lowest BCUT2D eigenvalue weighted by Gasteiger charge is -2.28. The van der Waals surface area contributed by atoms with Crippen LogP contribution in [0.25, 0.3) is 0 Å². The van der Waals surface area contributed by atoms with Crippen molar-refractivity contribution in [3.63, 3.8) is 0 Å². The number of aliphatic carboxylic acids is 1. The highest BCUT2D eigenvalue weighted by Gasteiger charge is 2.34. The number of carboxylic acid groups (broad SMARTS) is 1. The van der Waals surface area contributed by atoms with Crippen LogP contribution >= 0.6 is 7.26 Å². The van der Waals surface area contributed by atoms with Crippen molar-refractivity contribution in [1.29, 1.82) is 0 Å². The molecule has 0 N–H and O–H groups in total. The predicted octanol–water partition coefficient (Wildman–Crippen LogP) is 5.50. The minimum absolute atomic E-state index is 0.562. The van der Waals surface area contributed by atoms with Crippen LogP contribution in [0, 0.1) is 0 Å². The number of unbranched alkanes of at least 4 members (excludes halogenated alkanes) is 4. The van der Waals surface area contributed by atoms with Crippen molar-refractivity contribution < 1.29 is 23.1 Å². The van der Waals surface area contributed by atoms with Gasteiger partial charge in [0.25, 0.3) is 0 Å². The first-order chi connectivity index (χ1) is 11.2.